The fourth-order valence-corrected chi connectivity index (χ4v) is 4.41. The summed E-state index contributed by atoms with van der Waals surface area (Å²) in [6.07, 6.45) is 29.2. The van der Waals surface area contributed by atoms with Gasteiger partial charge in [0.1, 0.15) is 0 Å². The Bertz CT molecular complexity index is 202. The summed E-state index contributed by atoms with van der Waals surface area (Å²) in [5.41, 5.74) is 0. The lowest BCUT2D eigenvalue weighted by atomic mass is 9.89. The van der Waals surface area contributed by atoms with Gasteiger partial charge in [0, 0.05) is 0 Å². The van der Waals surface area contributed by atoms with Crippen molar-refractivity contribution in [3.63, 3.8) is 0 Å². The van der Waals surface area contributed by atoms with E-state index in [2.05, 4.69) is 27.7 Å². The summed E-state index contributed by atoms with van der Waals surface area (Å²) in [7, 11) is 0. The van der Waals surface area contributed by atoms with Gasteiger partial charge in [0.2, 0.25) is 0 Å². The van der Waals surface area contributed by atoms with Crippen LogP contribution < -0.4 is 0 Å². The van der Waals surface area contributed by atoms with E-state index in [9.17, 15) is 0 Å². The van der Waals surface area contributed by atoms with Gasteiger partial charge in [-0.1, -0.05) is 156 Å². The summed E-state index contributed by atoms with van der Waals surface area (Å²) in [5, 5.41) is 0. The minimum Gasteiger partial charge on any atom is -0.0654 e. The molecule has 0 saturated carbocycles. The lowest BCUT2D eigenvalue weighted by molar-refractivity contribution is 0.368. The number of hydrogen-bond acceptors (Lipinski definition) is 0. The zero-order chi connectivity index (χ0) is 19.3. The third kappa shape index (κ3) is 17.4. The molecule has 0 aromatic rings. The smallest absolute Gasteiger partial charge is 0.0414 e. The minimum atomic E-state index is 1.03. The van der Waals surface area contributed by atoms with Gasteiger partial charge in [-0.2, -0.15) is 0 Å². The molecule has 0 heteroatoms. The monoisotopic (exact) mass is 366 g/mol. The molecule has 0 fully saturated rings. The highest BCUT2D eigenvalue weighted by Crippen LogP contribution is 2.24. The van der Waals surface area contributed by atoms with Gasteiger partial charge < -0.3 is 0 Å². The molecule has 0 saturated heterocycles. The highest BCUT2D eigenvalue weighted by Gasteiger charge is 2.09. The van der Waals surface area contributed by atoms with E-state index >= 15 is 0 Å². The first-order valence-electron chi connectivity index (χ1n) is 12.8. The first-order chi connectivity index (χ1) is 12.8. The topological polar surface area (TPSA) is 0 Å². The van der Waals surface area contributed by atoms with Crippen LogP contribution in [0.5, 0.6) is 0 Å². The molecule has 0 aliphatic carbocycles. The highest BCUT2D eigenvalue weighted by atomic mass is 14.1. The van der Waals surface area contributed by atoms with E-state index in [0.717, 1.165) is 11.8 Å². The third-order valence-electron chi connectivity index (χ3n) is 6.34. The second-order valence-electron chi connectivity index (χ2n) is 9.00. The van der Waals surface area contributed by atoms with Crippen LogP contribution in [0, 0.1) is 11.8 Å². The summed E-state index contributed by atoms with van der Waals surface area (Å²) in [6, 6.07) is 0. The first-order valence-corrected chi connectivity index (χ1v) is 12.8. The van der Waals surface area contributed by atoms with Crippen LogP contribution in [-0.4, -0.2) is 0 Å². The molecule has 0 aliphatic heterocycles. The SMILES string of the molecule is CCCCC(CCCC)CCCCCCCCC(CCCC)CCCC. The highest BCUT2D eigenvalue weighted by molar-refractivity contribution is 4.62. The quantitative estimate of drug-likeness (QED) is 0.177. The minimum absolute atomic E-state index is 1.03. The number of rotatable bonds is 21. The molecule has 0 unspecified atom stereocenters. The van der Waals surface area contributed by atoms with Crippen molar-refractivity contribution in [1.29, 1.82) is 0 Å². The van der Waals surface area contributed by atoms with E-state index in [4.69, 9.17) is 0 Å². The maximum absolute atomic E-state index is 2.34. The van der Waals surface area contributed by atoms with Crippen LogP contribution in [0.1, 0.15) is 156 Å². The van der Waals surface area contributed by atoms with Gasteiger partial charge >= 0.3 is 0 Å². The van der Waals surface area contributed by atoms with Crippen LogP contribution in [0.4, 0.5) is 0 Å². The van der Waals surface area contributed by atoms with E-state index in [1.54, 1.807) is 0 Å². The van der Waals surface area contributed by atoms with Crippen molar-refractivity contribution >= 4 is 0 Å². The molecule has 0 heterocycles. The van der Waals surface area contributed by atoms with E-state index in [0.29, 0.717) is 0 Å². The predicted molar refractivity (Wildman–Crippen MR) is 122 cm³/mol. The molecule has 0 aromatic carbocycles. The van der Waals surface area contributed by atoms with E-state index < -0.39 is 0 Å². The van der Waals surface area contributed by atoms with Crippen molar-refractivity contribution in [2.75, 3.05) is 0 Å². The molecule has 26 heavy (non-hydrogen) atoms. The number of unbranched alkanes of at least 4 members (excludes halogenated alkanes) is 9. The molecule has 0 N–H and O–H groups in total. The normalized spacial score (nSPS) is 11.8. The van der Waals surface area contributed by atoms with Crippen LogP contribution in [-0.2, 0) is 0 Å². The van der Waals surface area contributed by atoms with Crippen molar-refractivity contribution in [3.8, 4) is 0 Å². The Hall–Kier alpha value is 0. The lowest BCUT2D eigenvalue weighted by Gasteiger charge is -2.17. The summed E-state index contributed by atoms with van der Waals surface area (Å²) < 4.78 is 0. The van der Waals surface area contributed by atoms with E-state index in [-0.39, 0.29) is 0 Å². The summed E-state index contributed by atoms with van der Waals surface area (Å²) in [4.78, 5) is 0. The molecule has 0 amide bonds. The largest absolute Gasteiger partial charge is 0.0654 e. The van der Waals surface area contributed by atoms with Crippen molar-refractivity contribution < 1.29 is 0 Å². The van der Waals surface area contributed by atoms with Crippen LogP contribution in [0.15, 0.2) is 0 Å². The molecule has 0 rings (SSSR count). The second-order valence-corrected chi connectivity index (χ2v) is 9.00. The van der Waals surface area contributed by atoms with Crippen LogP contribution >= 0.6 is 0 Å². The maximum Gasteiger partial charge on any atom is -0.0414 e. The Balaban J connectivity index is 3.64. The second kappa shape index (κ2) is 21.3. The molecule has 0 aromatic heterocycles. The van der Waals surface area contributed by atoms with Gasteiger partial charge in [0.15, 0.2) is 0 Å². The molecule has 0 nitrogen and oxygen atoms in total. The fraction of sp³-hybridized carbons (Fsp3) is 1.00. The van der Waals surface area contributed by atoms with Crippen LogP contribution in [0.2, 0.25) is 0 Å². The van der Waals surface area contributed by atoms with Crippen molar-refractivity contribution in [1.82, 2.24) is 0 Å². The molecule has 0 spiro atoms. The Morgan fingerprint density at radius 2 is 0.538 bits per heavy atom. The van der Waals surface area contributed by atoms with Crippen molar-refractivity contribution in [3.05, 3.63) is 0 Å². The van der Waals surface area contributed by atoms with Gasteiger partial charge in [0.25, 0.3) is 0 Å². The molecule has 0 aliphatic rings. The molecular weight excluding hydrogens is 312 g/mol. The average molecular weight is 367 g/mol. The van der Waals surface area contributed by atoms with Crippen LogP contribution in [0.3, 0.4) is 0 Å². The van der Waals surface area contributed by atoms with Gasteiger partial charge in [-0.05, 0) is 11.8 Å². The van der Waals surface area contributed by atoms with Gasteiger partial charge in [-0.25, -0.2) is 0 Å². The van der Waals surface area contributed by atoms with E-state index in [1.807, 2.05) is 0 Å². The third-order valence-corrected chi connectivity index (χ3v) is 6.34. The van der Waals surface area contributed by atoms with Crippen molar-refractivity contribution in [2.45, 2.75) is 156 Å². The predicted octanol–water partition coefficient (Wildman–Crippen LogP) is 10.1. The van der Waals surface area contributed by atoms with E-state index in [1.165, 1.54) is 128 Å². The maximum atomic E-state index is 2.34. The summed E-state index contributed by atoms with van der Waals surface area (Å²) >= 11 is 0. The van der Waals surface area contributed by atoms with Gasteiger partial charge in [-0.3, -0.25) is 0 Å². The first kappa shape index (κ1) is 26.0. The number of hydrogen-bond donors (Lipinski definition) is 0. The zero-order valence-electron chi connectivity index (χ0n) is 19.3. The molecule has 0 atom stereocenters. The Morgan fingerprint density at radius 1 is 0.308 bits per heavy atom. The van der Waals surface area contributed by atoms with Crippen LogP contribution in [0.25, 0.3) is 0 Å². The van der Waals surface area contributed by atoms with Gasteiger partial charge in [-0.15, -0.1) is 0 Å². The summed E-state index contributed by atoms with van der Waals surface area (Å²) in [5.74, 6) is 2.07. The zero-order valence-corrected chi connectivity index (χ0v) is 19.3. The standard InChI is InChI=1S/C26H54/c1-5-9-19-25(20-10-6-2)23-17-15-13-14-16-18-24-26(21-11-7-3)22-12-8-4/h25-26H,5-24H2,1-4H3. The van der Waals surface area contributed by atoms with Gasteiger partial charge in [0.05, 0.1) is 0 Å². The molecule has 0 bridgehead atoms. The Labute approximate surface area is 168 Å². The Morgan fingerprint density at radius 3 is 0.808 bits per heavy atom. The molecule has 158 valence electrons. The molecule has 0 radical (unpaired) electrons. The lowest BCUT2D eigenvalue weighted by Crippen LogP contribution is -2.01. The molecular formula is C26H54. The average Bonchev–Trinajstić information content (AvgIpc) is 2.66. The van der Waals surface area contributed by atoms with Crippen molar-refractivity contribution in [2.24, 2.45) is 11.8 Å². The summed E-state index contributed by atoms with van der Waals surface area (Å²) in [6.45, 7) is 9.36. The fourth-order valence-electron chi connectivity index (χ4n) is 4.41. The Kier molecular flexibility index (Phi) is 21.3.